The van der Waals surface area contributed by atoms with Crippen LogP contribution in [-0.4, -0.2) is 40.8 Å². The fourth-order valence-electron chi connectivity index (χ4n) is 2.38. The number of aromatic nitrogens is 1. The van der Waals surface area contributed by atoms with Crippen LogP contribution in [0.5, 0.6) is 0 Å². The van der Waals surface area contributed by atoms with Gasteiger partial charge in [0.15, 0.2) is 0 Å². The molecule has 0 bridgehead atoms. The molecule has 0 aliphatic carbocycles. The van der Waals surface area contributed by atoms with E-state index in [-0.39, 0.29) is 17.7 Å². The Morgan fingerprint density at radius 2 is 1.80 bits per heavy atom. The van der Waals surface area contributed by atoms with Gasteiger partial charge in [-0.25, -0.2) is 0 Å². The number of hydrogen-bond acceptors (Lipinski definition) is 3. The molecule has 0 spiro atoms. The van der Waals surface area contributed by atoms with Crippen molar-refractivity contribution in [3.63, 3.8) is 0 Å². The van der Waals surface area contributed by atoms with Crippen LogP contribution in [0.3, 0.4) is 0 Å². The van der Waals surface area contributed by atoms with Crippen molar-refractivity contribution >= 4 is 11.8 Å². The topological polar surface area (TPSA) is 62.3 Å². The van der Waals surface area contributed by atoms with Gasteiger partial charge in [0.05, 0.1) is 0 Å². The summed E-state index contributed by atoms with van der Waals surface area (Å²) in [4.78, 5) is 30.4. The largest absolute Gasteiger partial charge is 0.341 e. The van der Waals surface area contributed by atoms with Gasteiger partial charge in [-0.1, -0.05) is 13.8 Å². The van der Waals surface area contributed by atoms with Crippen LogP contribution >= 0.6 is 0 Å². The first kappa shape index (κ1) is 14.5. The Morgan fingerprint density at radius 3 is 2.35 bits per heavy atom. The molecule has 2 amide bonds. The predicted octanol–water partition coefficient (Wildman–Crippen LogP) is 1.46. The summed E-state index contributed by atoms with van der Waals surface area (Å²) >= 11 is 0. The Balaban J connectivity index is 2.05. The minimum absolute atomic E-state index is 0.0277. The summed E-state index contributed by atoms with van der Waals surface area (Å²) in [5.74, 6) is -0.132. The SMILES string of the molecule is CC(C)[C@@H](NC(=O)c1ccncc1)C(=O)N1CCCC1. The van der Waals surface area contributed by atoms with Crippen LogP contribution in [0.1, 0.15) is 37.0 Å². The van der Waals surface area contributed by atoms with Crippen LogP contribution in [0.2, 0.25) is 0 Å². The van der Waals surface area contributed by atoms with Crippen molar-refractivity contribution in [2.75, 3.05) is 13.1 Å². The zero-order valence-corrected chi connectivity index (χ0v) is 12.0. The number of amides is 2. The van der Waals surface area contributed by atoms with Gasteiger partial charge in [0, 0.05) is 31.0 Å². The minimum Gasteiger partial charge on any atom is -0.341 e. The summed E-state index contributed by atoms with van der Waals surface area (Å²) in [6.07, 6.45) is 5.24. The highest BCUT2D eigenvalue weighted by Gasteiger charge is 2.30. The zero-order chi connectivity index (χ0) is 14.5. The van der Waals surface area contributed by atoms with Crippen molar-refractivity contribution < 1.29 is 9.59 Å². The molecule has 2 heterocycles. The van der Waals surface area contributed by atoms with Crippen molar-refractivity contribution in [3.05, 3.63) is 30.1 Å². The number of nitrogens with zero attached hydrogens (tertiary/aromatic N) is 2. The van der Waals surface area contributed by atoms with E-state index in [0.717, 1.165) is 25.9 Å². The molecule has 1 aromatic rings. The van der Waals surface area contributed by atoms with Crippen LogP contribution in [0, 0.1) is 5.92 Å². The number of hydrogen-bond donors (Lipinski definition) is 1. The highest BCUT2D eigenvalue weighted by molar-refractivity contribution is 5.97. The molecule has 1 aliphatic heterocycles. The Labute approximate surface area is 119 Å². The third-order valence-corrected chi connectivity index (χ3v) is 3.58. The van der Waals surface area contributed by atoms with Gasteiger partial charge < -0.3 is 10.2 Å². The Hall–Kier alpha value is -1.91. The Bertz CT molecular complexity index is 467. The fourth-order valence-corrected chi connectivity index (χ4v) is 2.38. The summed E-state index contributed by atoms with van der Waals surface area (Å²) in [6.45, 7) is 5.50. The smallest absolute Gasteiger partial charge is 0.252 e. The maximum Gasteiger partial charge on any atom is 0.252 e. The molecular weight excluding hydrogens is 254 g/mol. The first-order chi connectivity index (χ1) is 9.59. The summed E-state index contributed by atoms with van der Waals surface area (Å²) in [5.41, 5.74) is 0.528. The molecule has 1 N–H and O–H groups in total. The third kappa shape index (κ3) is 3.35. The molecule has 0 aromatic carbocycles. The summed E-state index contributed by atoms with van der Waals surface area (Å²) in [7, 11) is 0. The average Bonchev–Trinajstić information content (AvgIpc) is 2.98. The Morgan fingerprint density at radius 1 is 1.20 bits per heavy atom. The van der Waals surface area contributed by atoms with E-state index < -0.39 is 6.04 Å². The molecular formula is C15H21N3O2. The summed E-state index contributed by atoms with van der Waals surface area (Å²) in [5, 5.41) is 2.85. The van der Waals surface area contributed by atoms with Gasteiger partial charge in [0.1, 0.15) is 6.04 Å². The number of carbonyl (C=O) groups excluding carboxylic acids is 2. The van der Waals surface area contributed by atoms with Gasteiger partial charge in [-0.05, 0) is 30.9 Å². The number of likely N-dealkylation sites (tertiary alicyclic amines) is 1. The number of carbonyl (C=O) groups is 2. The molecule has 0 radical (unpaired) electrons. The van der Waals surface area contributed by atoms with Crippen molar-refractivity contribution in [2.24, 2.45) is 5.92 Å². The highest BCUT2D eigenvalue weighted by Crippen LogP contribution is 2.13. The third-order valence-electron chi connectivity index (χ3n) is 3.58. The fraction of sp³-hybridized carbons (Fsp3) is 0.533. The Kier molecular flexibility index (Phi) is 4.71. The quantitative estimate of drug-likeness (QED) is 0.905. The molecule has 0 unspecified atom stereocenters. The van der Waals surface area contributed by atoms with Crippen LogP contribution in [0.4, 0.5) is 0 Å². The van der Waals surface area contributed by atoms with E-state index in [9.17, 15) is 9.59 Å². The van der Waals surface area contributed by atoms with Gasteiger partial charge in [0.2, 0.25) is 5.91 Å². The maximum absolute atomic E-state index is 12.5. The zero-order valence-electron chi connectivity index (χ0n) is 12.0. The molecule has 1 aromatic heterocycles. The second-order valence-electron chi connectivity index (χ2n) is 5.46. The molecule has 1 aliphatic rings. The summed E-state index contributed by atoms with van der Waals surface area (Å²) < 4.78 is 0. The maximum atomic E-state index is 12.5. The van der Waals surface area contributed by atoms with E-state index in [1.165, 1.54) is 0 Å². The van der Waals surface area contributed by atoms with Gasteiger partial charge in [-0.15, -0.1) is 0 Å². The molecule has 108 valence electrons. The van der Waals surface area contributed by atoms with Crippen molar-refractivity contribution in [1.82, 2.24) is 15.2 Å². The van der Waals surface area contributed by atoms with E-state index in [4.69, 9.17) is 0 Å². The molecule has 1 atom stereocenters. The number of rotatable bonds is 4. The van der Waals surface area contributed by atoms with E-state index >= 15 is 0 Å². The minimum atomic E-state index is -0.464. The predicted molar refractivity (Wildman–Crippen MR) is 76.1 cm³/mol. The number of nitrogens with one attached hydrogen (secondary N) is 1. The second kappa shape index (κ2) is 6.50. The monoisotopic (exact) mass is 275 g/mol. The van der Waals surface area contributed by atoms with E-state index in [0.29, 0.717) is 5.56 Å². The van der Waals surface area contributed by atoms with E-state index in [1.807, 2.05) is 18.7 Å². The standard InChI is InChI=1S/C15H21N3O2/c1-11(2)13(15(20)18-9-3-4-10-18)17-14(19)12-5-7-16-8-6-12/h5-8,11,13H,3-4,9-10H2,1-2H3,(H,17,19)/t13-/m1/s1. The van der Waals surface area contributed by atoms with Crippen LogP contribution in [0.25, 0.3) is 0 Å². The van der Waals surface area contributed by atoms with Gasteiger partial charge in [0.25, 0.3) is 5.91 Å². The molecule has 1 saturated heterocycles. The summed E-state index contributed by atoms with van der Waals surface area (Å²) in [6, 6.07) is 2.83. The van der Waals surface area contributed by atoms with Gasteiger partial charge in [-0.3, -0.25) is 14.6 Å². The lowest BCUT2D eigenvalue weighted by Gasteiger charge is -2.26. The van der Waals surface area contributed by atoms with Gasteiger partial charge in [-0.2, -0.15) is 0 Å². The second-order valence-corrected chi connectivity index (χ2v) is 5.46. The first-order valence-corrected chi connectivity index (χ1v) is 7.09. The number of pyridine rings is 1. The molecule has 0 saturated carbocycles. The molecule has 20 heavy (non-hydrogen) atoms. The first-order valence-electron chi connectivity index (χ1n) is 7.09. The lowest BCUT2D eigenvalue weighted by atomic mass is 10.0. The molecule has 5 heteroatoms. The van der Waals surface area contributed by atoms with E-state index in [1.54, 1.807) is 24.5 Å². The van der Waals surface area contributed by atoms with Gasteiger partial charge >= 0.3 is 0 Å². The van der Waals surface area contributed by atoms with Crippen molar-refractivity contribution in [1.29, 1.82) is 0 Å². The van der Waals surface area contributed by atoms with E-state index in [2.05, 4.69) is 10.3 Å². The molecule has 5 nitrogen and oxygen atoms in total. The normalized spacial score (nSPS) is 16.2. The van der Waals surface area contributed by atoms with Crippen LogP contribution in [-0.2, 0) is 4.79 Å². The van der Waals surface area contributed by atoms with Crippen molar-refractivity contribution in [3.8, 4) is 0 Å². The van der Waals surface area contributed by atoms with Crippen molar-refractivity contribution in [2.45, 2.75) is 32.7 Å². The average molecular weight is 275 g/mol. The molecule has 1 fully saturated rings. The highest BCUT2D eigenvalue weighted by atomic mass is 16.2. The lowest BCUT2D eigenvalue weighted by Crippen LogP contribution is -2.50. The van der Waals surface area contributed by atoms with Crippen LogP contribution in [0.15, 0.2) is 24.5 Å². The molecule has 2 rings (SSSR count). The lowest BCUT2D eigenvalue weighted by molar-refractivity contribution is -0.133. The van der Waals surface area contributed by atoms with Crippen LogP contribution < -0.4 is 5.32 Å².